The summed E-state index contributed by atoms with van der Waals surface area (Å²) in [6.45, 7) is 2.01. The van der Waals surface area contributed by atoms with Crippen LogP contribution in [0.2, 0.25) is 0 Å². The van der Waals surface area contributed by atoms with Gasteiger partial charge in [0.15, 0.2) is 5.49 Å². The fraction of sp³-hybridized carbons (Fsp3) is 0.280. The van der Waals surface area contributed by atoms with Gasteiger partial charge in [-0.15, -0.1) is 0 Å². The van der Waals surface area contributed by atoms with E-state index in [4.69, 9.17) is 4.74 Å². The summed E-state index contributed by atoms with van der Waals surface area (Å²) in [4.78, 5) is 26.1. The van der Waals surface area contributed by atoms with Gasteiger partial charge in [0.05, 0.1) is 7.77 Å². The van der Waals surface area contributed by atoms with Crippen molar-refractivity contribution in [2.75, 3.05) is 12.1 Å². The molecule has 4 nitrogen and oxygen atoms in total. The summed E-state index contributed by atoms with van der Waals surface area (Å²) in [5.74, 6) is 0.331. The van der Waals surface area contributed by atoms with Crippen LogP contribution in [0.1, 0.15) is 25.3 Å². The minimum absolute atomic E-state index is 0.244. The van der Waals surface area contributed by atoms with Crippen LogP contribution in [0.4, 0.5) is 0 Å². The molecule has 0 radical (unpaired) electrons. The van der Waals surface area contributed by atoms with Gasteiger partial charge in [0.1, 0.15) is 5.80 Å². The molecule has 0 heterocycles. The summed E-state index contributed by atoms with van der Waals surface area (Å²) in [7, 11) is -1.88. The van der Waals surface area contributed by atoms with Crippen molar-refractivity contribution >= 4 is 42.1 Å². The van der Waals surface area contributed by atoms with Crippen LogP contribution in [-0.4, -0.2) is 34.6 Å². The van der Waals surface area contributed by atoms with E-state index in [-0.39, 0.29) is 13.0 Å². The van der Waals surface area contributed by atoms with Crippen LogP contribution in [0.3, 0.4) is 0 Å². The Labute approximate surface area is 188 Å². The van der Waals surface area contributed by atoms with Crippen LogP contribution in [0.5, 0.6) is 0 Å². The van der Waals surface area contributed by atoms with Gasteiger partial charge in [-0.25, -0.2) is 4.79 Å². The molecule has 0 saturated heterocycles. The molecule has 3 aromatic rings. The SMILES string of the molecule is CCOC(C=[P+]([O-])CSc1cccc2ccccc12)(CCCc1ccccc1)C(=O)O. The molecule has 0 fully saturated rings. The minimum atomic E-state index is -1.88. The highest BCUT2D eigenvalue weighted by Crippen LogP contribution is 2.34. The molecule has 6 heteroatoms. The van der Waals surface area contributed by atoms with Crippen molar-refractivity contribution in [2.45, 2.75) is 36.7 Å². The molecule has 162 valence electrons. The molecule has 1 N–H and O–H groups in total. The third-order valence-corrected chi connectivity index (χ3v) is 7.98. The van der Waals surface area contributed by atoms with E-state index in [1.54, 1.807) is 6.92 Å². The predicted molar refractivity (Wildman–Crippen MR) is 129 cm³/mol. The molecule has 3 rings (SSSR count). The normalized spacial score (nSPS) is 13.8. The first-order valence-corrected chi connectivity index (χ1v) is 12.9. The van der Waals surface area contributed by atoms with Gasteiger partial charge >= 0.3 is 5.97 Å². The number of aryl methyl sites for hydroxylation is 1. The Morgan fingerprint density at radius 2 is 1.81 bits per heavy atom. The number of rotatable bonds is 11. The number of hydrogen-bond acceptors (Lipinski definition) is 4. The highest BCUT2D eigenvalue weighted by atomic mass is 32.2. The fourth-order valence-electron chi connectivity index (χ4n) is 3.58. The molecule has 0 aliphatic heterocycles. The van der Waals surface area contributed by atoms with Crippen LogP contribution < -0.4 is 4.89 Å². The number of benzene rings is 3. The van der Waals surface area contributed by atoms with Crippen LogP contribution >= 0.6 is 19.5 Å². The zero-order valence-corrected chi connectivity index (χ0v) is 19.3. The summed E-state index contributed by atoms with van der Waals surface area (Å²) in [5, 5.41) is 12.2. The van der Waals surface area contributed by atoms with Crippen molar-refractivity contribution in [3.05, 3.63) is 78.4 Å². The lowest BCUT2D eigenvalue weighted by atomic mass is 9.96. The molecular weight excluding hydrogens is 427 g/mol. The number of carbonyl (C=O) groups is 1. The maximum absolute atomic E-state index is 12.9. The first kappa shape index (κ1) is 23.5. The predicted octanol–water partition coefficient (Wildman–Crippen LogP) is 5.33. The Balaban J connectivity index is 1.72. The summed E-state index contributed by atoms with van der Waals surface area (Å²) in [5.41, 5.74) is -0.0744. The van der Waals surface area contributed by atoms with Crippen molar-refractivity contribution in [1.82, 2.24) is 0 Å². The monoisotopic (exact) mass is 454 g/mol. The fourth-order valence-corrected chi connectivity index (χ4v) is 6.24. The molecular formula is C25H27O4PS. The highest BCUT2D eigenvalue weighted by Gasteiger charge is 2.40. The Kier molecular flexibility index (Phi) is 8.68. The van der Waals surface area contributed by atoms with E-state index in [0.717, 1.165) is 27.7 Å². The quantitative estimate of drug-likeness (QED) is 0.313. The molecule has 2 atom stereocenters. The van der Waals surface area contributed by atoms with Gasteiger partial charge in [-0.1, -0.05) is 78.5 Å². The second-order valence-electron chi connectivity index (χ2n) is 7.26. The second kappa shape index (κ2) is 11.4. The lowest BCUT2D eigenvalue weighted by Gasteiger charge is -2.24. The Hall–Kier alpha value is -2.17. The third-order valence-electron chi connectivity index (χ3n) is 5.07. The van der Waals surface area contributed by atoms with E-state index in [1.165, 1.54) is 17.6 Å². The third kappa shape index (κ3) is 6.41. The zero-order chi connectivity index (χ0) is 22.1. The second-order valence-corrected chi connectivity index (χ2v) is 10.1. The van der Waals surface area contributed by atoms with E-state index in [9.17, 15) is 14.8 Å². The molecule has 0 saturated carbocycles. The summed E-state index contributed by atoms with van der Waals surface area (Å²) >= 11 is 1.49. The molecule has 0 aliphatic carbocycles. The van der Waals surface area contributed by atoms with E-state index in [1.807, 2.05) is 72.8 Å². The summed E-state index contributed by atoms with van der Waals surface area (Å²) in [6, 6.07) is 24.0. The first-order valence-electron chi connectivity index (χ1n) is 10.4. The number of aliphatic carboxylic acids is 1. The standard InChI is InChI=1S/C25H27O4PS/c1-2-29-25(24(26)27,17-9-12-20-10-4-3-5-11-20)18-30(28)19-31-23-16-8-14-21-13-6-7-15-22(21)23/h3-8,10-11,13-16,18H,2,9,12,17,19H2,1H3,(H,26,27). The minimum Gasteiger partial charge on any atom is -0.630 e. The van der Waals surface area contributed by atoms with E-state index < -0.39 is 19.3 Å². The highest BCUT2D eigenvalue weighted by molar-refractivity contribution is 8.04. The van der Waals surface area contributed by atoms with Crippen molar-refractivity contribution in [2.24, 2.45) is 0 Å². The summed E-state index contributed by atoms with van der Waals surface area (Å²) in [6.07, 6.45) is 1.66. The van der Waals surface area contributed by atoms with Gasteiger partial charge in [-0.05, 0) is 48.6 Å². The molecule has 0 aliphatic rings. The summed E-state index contributed by atoms with van der Waals surface area (Å²) < 4.78 is 5.67. The van der Waals surface area contributed by atoms with Crippen LogP contribution in [-0.2, 0) is 16.0 Å². The van der Waals surface area contributed by atoms with Gasteiger partial charge in [-0.3, -0.25) is 0 Å². The molecule has 0 spiro atoms. The molecule has 0 amide bonds. The van der Waals surface area contributed by atoms with Crippen LogP contribution in [0, 0.1) is 0 Å². The van der Waals surface area contributed by atoms with Gasteiger partial charge in [0.2, 0.25) is 5.60 Å². The van der Waals surface area contributed by atoms with Crippen molar-refractivity contribution < 1.29 is 19.5 Å². The number of thioether (sulfide) groups is 1. The lowest BCUT2D eigenvalue weighted by molar-refractivity contribution is -0.159. The average molecular weight is 455 g/mol. The molecule has 31 heavy (non-hydrogen) atoms. The van der Waals surface area contributed by atoms with Gasteiger partial charge in [-0.2, -0.15) is 0 Å². The van der Waals surface area contributed by atoms with Crippen LogP contribution in [0.15, 0.2) is 77.7 Å². The van der Waals surface area contributed by atoms with Crippen molar-refractivity contribution in [3.8, 4) is 0 Å². The van der Waals surface area contributed by atoms with Gasteiger partial charge < -0.3 is 14.7 Å². The largest absolute Gasteiger partial charge is 0.630 e. The zero-order valence-electron chi connectivity index (χ0n) is 17.6. The Bertz CT molecular complexity index is 1030. The molecule has 0 bridgehead atoms. The Morgan fingerprint density at radius 3 is 2.55 bits per heavy atom. The van der Waals surface area contributed by atoms with Crippen molar-refractivity contribution in [1.29, 1.82) is 0 Å². The topological polar surface area (TPSA) is 69.6 Å². The molecule has 0 aromatic heterocycles. The number of fused-ring (bicyclic) bond motifs is 1. The smallest absolute Gasteiger partial charge is 0.344 e. The molecule has 3 aromatic carbocycles. The van der Waals surface area contributed by atoms with E-state index >= 15 is 0 Å². The maximum Gasteiger partial charge on any atom is 0.344 e. The van der Waals surface area contributed by atoms with Crippen molar-refractivity contribution in [3.63, 3.8) is 0 Å². The average Bonchev–Trinajstić information content (AvgIpc) is 2.78. The number of carboxylic acid groups (broad SMARTS) is 1. The number of carboxylic acids is 1. The number of hydrogen-bond donors (Lipinski definition) is 1. The Morgan fingerprint density at radius 1 is 1.10 bits per heavy atom. The lowest BCUT2D eigenvalue weighted by Crippen LogP contribution is -2.43. The van der Waals surface area contributed by atoms with Gasteiger partial charge in [0, 0.05) is 11.5 Å². The maximum atomic E-state index is 12.9. The van der Waals surface area contributed by atoms with Crippen LogP contribution in [0.25, 0.3) is 10.8 Å². The van der Waals surface area contributed by atoms with Gasteiger partial charge in [0.25, 0.3) is 0 Å². The first-order chi connectivity index (χ1) is 15.0. The molecule has 2 unspecified atom stereocenters. The van der Waals surface area contributed by atoms with E-state index in [0.29, 0.717) is 11.9 Å². The van der Waals surface area contributed by atoms with E-state index in [2.05, 4.69) is 0 Å². The number of ether oxygens (including phenoxy) is 1.